The summed E-state index contributed by atoms with van der Waals surface area (Å²) in [4.78, 5) is 15.3. The first-order valence-corrected chi connectivity index (χ1v) is 6.24. The maximum atomic E-state index is 12.1. The van der Waals surface area contributed by atoms with Crippen LogP contribution in [0.5, 0.6) is 0 Å². The minimum absolute atomic E-state index is 0.104. The zero-order valence-corrected chi connectivity index (χ0v) is 11.2. The van der Waals surface area contributed by atoms with Gasteiger partial charge in [0, 0.05) is 22.5 Å². The van der Waals surface area contributed by atoms with E-state index in [1.807, 2.05) is 45.2 Å². The second kappa shape index (κ2) is 4.58. The molecule has 0 aliphatic heterocycles. The van der Waals surface area contributed by atoms with Crippen LogP contribution >= 0.6 is 0 Å². The molecule has 0 fully saturated rings. The van der Waals surface area contributed by atoms with Crippen LogP contribution in [0.3, 0.4) is 0 Å². The summed E-state index contributed by atoms with van der Waals surface area (Å²) < 4.78 is 0. The monoisotopic (exact) mass is 244 g/mol. The zero-order chi connectivity index (χ0) is 13.3. The molecule has 3 nitrogen and oxygen atoms in total. The number of Topliss-reactive ketones (excluding diaryl/α,β-unsaturated/α-hetero) is 1. The molecular formula is C15H20N2O. The molecule has 0 spiro atoms. The summed E-state index contributed by atoms with van der Waals surface area (Å²) in [5.41, 5.74) is 7.83. The molecule has 1 heterocycles. The van der Waals surface area contributed by atoms with Crippen molar-refractivity contribution in [3.05, 3.63) is 36.0 Å². The van der Waals surface area contributed by atoms with Crippen molar-refractivity contribution in [2.45, 2.75) is 33.2 Å². The largest absolute Gasteiger partial charge is 0.361 e. The number of carbonyl (C=O) groups excluding carboxylic acids is 1. The lowest BCUT2D eigenvalue weighted by atomic mass is 9.84. The van der Waals surface area contributed by atoms with E-state index in [1.54, 1.807) is 0 Å². The Morgan fingerprint density at radius 3 is 2.67 bits per heavy atom. The van der Waals surface area contributed by atoms with E-state index in [9.17, 15) is 4.79 Å². The van der Waals surface area contributed by atoms with Crippen LogP contribution in [0, 0.1) is 5.41 Å². The fourth-order valence-electron chi connectivity index (χ4n) is 2.19. The lowest BCUT2D eigenvalue weighted by Gasteiger charge is -2.21. The second-order valence-corrected chi connectivity index (χ2v) is 5.78. The van der Waals surface area contributed by atoms with Gasteiger partial charge in [-0.05, 0) is 18.1 Å². The standard InChI is InChI=1S/C15H20N2O/c1-15(2,3)14(18)12(16)8-10-9-17-13-7-5-4-6-11(10)13/h4-7,9,12,17H,8,16H2,1-3H3/t12-/m1/s1. The van der Waals surface area contributed by atoms with E-state index < -0.39 is 6.04 Å². The van der Waals surface area contributed by atoms with Crippen molar-refractivity contribution in [1.82, 2.24) is 4.98 Å². The zero-order valence-electron chi connectivity index (χ0n) is 11.2. The second-order valence-electron chi connectivity index (χ2n) is 5.78. The van der Waals surface area contributed by atoms with Gasteiger partial charge in [0.15, 0.2) is 5.78 Å². The van der Waals surface area contributed by atoms with Crippen LogP contribution in [0.4, 0.5) is 0 Å². The molecule has 0 aliphatic rings. The predicted octanol–water partition coefficient (Wildman–Crippen LogP) is 2.65. The van der Waals surface area contributed by atoms with Gasteiger partial charge in [-0.1, -0.05) is 39.0 Å². The number of hydrogen-bond acceptors (Lipinski definition) is 2. The summed E-state index contributed by atoms with van der Waals surface area (Å²) in [5.74, 6) is 0.104. The summed E-state index contributed by atoms with van der Waals surface area (Å²) in [7, 11) is 0. The average molecular weight is 244 g/mol. The van der Waals surface area contributed by atoms with Crippen LogP contribution in [-0.2, 0) is 11.2 Å². The number of benzene rings is 1. The number of ketones is 1. The molecule has 0 amide bonds. The van der Waals surface area contributed by atoms with Gasteiger partial charge in [0.1, 0.15) is 0 Å². The molecule has 0 unspecified atom stereocenters. The number of rotatable bonds is 3. The van der Waals surface area contributed by atoms with Gasteiger partial charge < -0.3 is 10.7 Å². The molecule has 1 aromatic heterocycles. The van der Waals surface area contributed by atoms with Crippen molar-refractivity contribution in [3.63, 3.8) is 0 Å². The van der Waals surface area contributed by atoms with E-state index in [4.69, 9.17) is 5.73 Å². The summed E-state index contributed by atoms with van der Waals surface area (Å²) in [6.07, 6.45) is 2.53. The number of fused-ring (bicyclic) bond motifs is 1. The Balaban J connectivity index is 2.22. The number of H-pyrrole nitrogens is 1. The van der Waals surface area contributed by atoms with Crippen LogP contribution in [0.1, 0.15) is 26.3 Å². The quantitative estimate of drug-likeness (QED) is 0.872. The Labute approximate surface area is 107 Å². The van der Waals surface area contributed by atoms with Crippen LogP contribution in [0.2, 0.25) is 0 Å². The number of para-hydroxylation sites is 1. The number of aromatic nitrogens is 1. The molecule has 3 N–H and O–H groups in total. The first kappa shape index (κ1) is 12.8. The molecule has 2 rings (SSSR count). The van der Waals surface area contributed by atoms with Crippen LogP contribution < -0.4 is 5.73 Å². The Bertz CT molecular complexity index is 563. The lowest BCUT2D eigenvalue weighted by Crippen LogP contribution is -2.40. The van der Waals surface area contributed by atoms with Gasteiger partial charge in [0.25, 0.3) is 0 Å². The number of carbonyl (C=O) groups is 1. The Kier molecular flexibility index (Phi) is 3.26. The number of nitrogens with two attached hydrogens (primary N) is 1. The molecule has 1 atom stereocenters. The third kappa shape index (κ3) is 2.46. The molecule has 18 heavy (non-hydrogen) atoms. The molecule has 0 radical (unpaired) electrons. The van der Waals surface area contributed by atoms with Gasteiger partial charge >= 0.3 is 0 Å². The van der Waals surface area contributed by atoms with E-state index in [2.05, 4.69) is 11.1 Å². The van der Waals surface area contributed by atoms with E-state index >= 15 is 0 Å². The normalized spacial score (nSPS) is 13.8. The van der Waals surface area contributed by atoms with Crippen molar-refractivity contribution in [1.29, 1.82) is 0 Å². The Morgan fingerprint density at radius 1 is 1.33 bits per heavy atom. The molecule has 3 heteroatoms. The van der Waals surface area contributed by atoms with Crippen LogP contribution in [0.25, 0.3) is 10.9 Å². The van der Waals surface area contributed by atoms with Crippen molar-refractivity contribution in [2.24, 2.45) is 11.1 Å². The highest BCUT2D eigenvalue weighted by Crippen LogP contribution is 2.22. The molecule has 0 saturated heterocycles. The topological polar surface area (TPSA) is 58.9 Å². The molecule has 1 aromatic carbocycles. The Morgan fingerprint density at radius 2 is 2.00 bits per heavy atom. The van der Waals surface area contributed by atoms with E-state index in [0.717, 1.165) is 16.5 Å². The first-order valence-electron chi connectivity index (χ1n) is 6.24. The SMILES string of the molecule is CC(C)(C)C(=O)[C@H](N)Cc1c[nH]c2ccccc12. The summed E-state index contributed by atoms with van der Waals surface area (Å²) in [6, 6.07) is 7.62. The summed E-state index contributed by atoms with van der Waals surface area (Å²) in [6.45, 7) is 5.72. The van der Waals surface area contributed by atoms with Gasteiger partial charge in [-0.2, -0.15) is 0 Å². The molecule has 2 aromatic rings. The van der Waals surface area contributed by atoms with Crippen molar-refractivity contribution in [2.75, 3.05) is 0 Å². The smallest absolute Gasteiger partial charge is 0.155 e. The van der Waals surface area contributed by atoms with Crippen molar-refractivity contribution >= 4 is 16.7 Å². The molecule has 96 valence electrons. The lowest BCUT2D eigenvalue weighted by molar-refractivity contribution is -0.127. The first-order chi connectivity index (χ1) is 8.39. The van der Waals surface area contributed by atoms with E-state index in [0.29, 0.717) is 6.42 Å². The number of hydrogen-bond donors (Lipinski definition) is 2. The molecule has 0 aliphatic carbocycles. The van der Waals surface area contributed by atoms with E-state index in [1.165, 1.54) is 0 Å². The fourth-order valence-corrected chi connectivity index (χ4v) is 2.19. The average Bonchev–Trinajstić information content (AvgIpc) is 2.70. The van der Waals surface area contributed by atoms with Gasteiger partial charge in [-0.25, -0.2) is 0 Å². The third-order valence-electron chi connectivity index (χ3n) is 3.19. The molecule has 0 bridgehead atoms. The summed E-state index contributed by atoms with van der Waals surface area (Å²) >= 11 is 0. The van der Waals surface area contributed by atoms with Gasteiger partial charge in [0.05, 0.1) is 6.04 Å². The fraction of sp³-hybridized carbons (Fsp3) is 0.400. The molecule has 0 saturated carbocycles. The number of aromatic amines is 1. The van der Waals surface area contributed by atoms with Crippen molar-refractivity contribution in [3.8, 4) is 0 Å². The third-order valence-corrected chi connectivity index (χ3v) is 3.19. The predicted molar refractivity (Wildman–Crippen MR) is 74.4 cm³/mol. The van der Waals surface area contributed by atoms with Gasteiger partial charge in [0.2, 0.25) is 0 Å². The summed E-state index contributed by atoms with van der Waals surface area (Å²) in [5, 5.41) is 1.15. The molecular weight excluding hydrogens is 224 g/mol. The van der Waals surface area contributed by atoms with Crippen molar-refractivity contribution < 1.29 is 4.79 Å². The minimum Gasteiger partial charge on any atom is -0.361 e. The van der Waals surface area contributed by atoms with Crippen LogP contribution in [-0.4, -0.2) is 16.8 Å². The van der Waals surface area contributed by atoms with E-state index in [-0.39, 0.29) is 11.2 Å². The Hall–Kier alpha value is -1.61. The highest BCUT2D eigenvalue weighted by Gasteiger charge is 2.27. The minimum atomic E-state index is -0.441. The highest BCUT2D eigenvalue weighted by molar-refractivity contribution is 5.90. The van der Waals surface area contributed by atoms with Gasteiger partial charge in [-0.15, -0.1) is 0 Å². The maximum Gasteiger partial charge on any atom is 0.155 e. The number of nitrogens with one attached hydrogen (secondary N) is 1. The van der Waals surface area contributed by atoms with Crippen LogP contribution in [0.15, 0.2) is 30.5 Å². The highest BCUT2D eigenvalue weighted by atomic mass is 16.1. The maximum absolute atomic E-state index is 12.1. The van der Waals surface area contributed by atoms with Gasteiger partial charge in [-0.3, -0.25) is 4.79 Å².